The van der Waals surface area contributed by atoms with Crippen molar-refractivity contribution in [2.45, 2.75) is 6.54 Å². The summed E-state index contributed by atoms with van der Waals surface area (Å²) >= 11 is 3.51. The van der Waals surface area contributed by atoms with Gasteiger partial charge in [0.05, 0.1) is 18.7 Å². The number of hydrogen-bond donors (Lipinski definition) is 1. The minimum absolute atomic E-state index is 0.666. The number of hydrogen-bond acceptors (Lipinski definition) is 6. The van der Waals surface area contributed by atoms with Gasteiger partial charge < -0.3 is 14.8 Å². The van der Waals surface area contributed by atoms with Crippen LogP contribution in [-0.4, -0.2) is 54.3 Å². The second kappa shape index (κ2) is 9.32. The lowest BCUT2D eigenvalue weighted by molar-refractivity contribution is 0.0322. The van der Waals surface area contributed by atoms with Gasteiger partial charge in [0, 0.05) is 36.0 Å². The van der Waals surface area contributed by atoms with Gasteiger partial charge in [0.2, 0.25) is 0 Å². The summed E-state index contributed by atoms with van der Waals surface area (Å²) in [5.74, 6) is 1.72. The van der Waals surface area contributed by atoms with Crippen molar-refractivity contribution in [3.05, 3.63) is 58.8 Å². The highest BCUT2D eigenvalue weighted by atomic mass is 79.9. The maximum Gasteiger partial charge on any atom is 0.137 e. The molecule has 2 aromatic carbocycles. The van der Waals surface area contributed by atoms with Gasteiger partial charge in [0.15, 0.2) is 0 Å². The minimum Gasteiger partial charge on any atom is -0.492 e. The van der Waals surface area contributed by atoms with Crippen molar-refractivity contribution in [1.82, 2.24) is 14.9 Å². The first-order valence-electron chi connectivity index (χ1n) is 9.44. The van der Waals surface area contributed by atoms with E-state index in [0.717, 1.165) is 65.4 Å². The fourth-order valence-corrected chi connectivity index (χ4v) is 3.58. The minimum atomic E-state index is 0.666. The molecule has 0 amide bonds. The van der Waals surface area contributed by atoms with Crippen molar-refractivity contribution in [2.24, 2.45) is 0 Å². The second-order valence-electron chi connectivity index (χ2n) is 6.69. The molecule has 0 radical (unpaired) electrons. The number of halogens is 1. The van der Waals surface area contributed by atoms with E-state index < -0.39 is 0 Å². The van der Waals surface area contributed by atoms with E-state index in [4.69, 9.17) is 9.47 Å². The van der Waals surface area contributed by atoms with Crippen molar-refractivity contribution in [3.63, 3.8) is 0 Å². The van der Waals surface area contributed by atoms with E-state index in [1.807, 2.05) is 30.3 Å². The van der Waals surface area contributed by atoms with Crippen molar-refractivity contribution in [1.29, 1.82) is 0 Å². The van der Waals surface area contributed by atoms with Gasteiger partial charge in [-0.05, 0) is 35.9 Å². The standard InChI is InChI=1S/C21H23BrN4O2/c22-17-4-5-20-19(13-17)21(25-15-24-20)23-14-16-2-1-3-18(12-16)28-11-8-26-6-9-27-10-7-26/h1-5,12-13,15H,6-11,14H2,(H,23,24,25). The molecule has 0 atom stereocenters. The van der Waals surface area contributed by atoms with E-state index in [1.165, 1.54) is 0 Å². The Balaban J connectivity index is 1.35. The van der Waals surface area contributed by atoms with Crippen LogP contribution in [-0.2, 0) is 11.3 Å². The third-order valence-corrected chi connectivity index (χ3v) is 5.23. The van der Waals surface area contributed by atoms with Crippen LogP contribution in [0.3, 0.4) is 0 Å². The Bertz CT molecular complexity index is 931. The zero-order valence-electron chi connectivity index (χ0n) is 15.6. The van der Waals surface area contributed by atoms with Crippen molar-refractivity contribution in [3.8, 4) is 5.75 Å². The van der Waals surface area contributed by atoms with E-state index in [1.54, 1.807) is 6.33 Å². The quantitative estimate of drug-likeness (QED) is 0.601. The lowest BCUT2D eigenvalue weighted by Gasteiger charge is -2.26. The molecule has 4 rings (SSSR count). The normalized spacial score (nSPS) is 14.9. The van der Waals surface area contributed by atoms with E-state index in [0.29, 0.717) is 13.2 Å². The summed E-state index contributed by atoms with van der Waals surface area (Å²) in [4.78, 5) is 11.1. The number of anilines is 1. The molecule has 2 heterocycles. The number of ether oxygens (including phenoxy) is 2. The molecule has 6 nitrogen and oxygen atoms in total. The Kier molecular flexibility index (Phi) is 6.36. The first-order valence-corrected chi connectivity index (χ1v) is 10.2. The average molecular weight is 443 g/mol. The van der Waals surface area contributed by atoms with Gasteiger partial charge in [-0.1, -0.05) is 28.1 Å². The third kappa shape index (κ3) is 4.98. The highest BCUT2D eigenvalue weighted by molar-refractivity contribution is 9.10. The first-order chi connectivity index (χ1) is 13.8. The summed E-state index contributed by atoms with van der Waals surface area (Å²) in [5.41, 5.74) is 2.06. The van der Waals surface area contributed by atoms with E-state index in [-0.39, 0.29) is 0 Å². The fraction of sp³-hybridized carbons (Fsp3) is 0.333. The lowest BCUT2D eigenvalue weighted by atomic mass is 10.2. The number of rotatable bonds is 7. The van der Waals surface area contributed by atoms with Crippen molar-refractivity contribution in [2.75, 3.05) is 44.8 Å². The summed E-state index contributed by atoms with van der Waals surface area (Å²) in [6.07, 6.45) is 1.59. The number of nitrogens with zero attached hydrogens (tertiary/aromatic N) is 3. The molecule has 0 saturated carbocycles. The monoisotopic (exact) mass is 442 g/mol. The van der Waals surface area contributed by atoms with E-state index in [9.17, 15) is 0 Å². The molecule has 1 aromatic heterocycles. The SMILES string of the molecule is Brc1ccc2ncnc(NCc3cccc(OCCN4CCOCC4)c3)c2c1. The van der Waals surface area contributed by atoms with Crippen LogP contribution in [0.25, 0.3) is 10.9 Å². The smallest absolute Gasteiger partial charge is 0.137 e. The van der Waals surface area contributed by atoms with Crippen LogP contribution in [0.5, 0.6) is 5.75 Å². The summed E-state index contributed by atoms with van der Waals surface area (Å²) in [5, 5.41) is 4.41. The molecule has 3 aromatic rings. The van der Waals surface area contributed by atoms with Crippen LogP contribution in [0, 0.1) is 0 Å². The summed E-state index contributed by atoms with van der Waals surface area (Å²) in [6, 6.07) is 14.2. The molecule has 1 saturated heterocycles. The van der Waals surface area contributed by atoms with Gasteiger partial charge in [-0.15, -0.1) is 0 Å². The van der Waals surface area contributed by atoms with E-state index >= 15 is 0 Å². The molecular weight excluding hydrogens is 420 g/mol. The number of nitrogens with one attached hydrogen (secondary N) is 1. The third-order valence-electron chi connectivity index (χ3n) is 4.74. The highest BCUT2D eigenvalue weighted by Crippen LogP contribution is 2.24. The first kappa shape index (κ1) is 19.1. The summed E-state index contributed by atoms with van der Waals surface area (Å²) in [6.45, 7) is 5.87. The van der Waals surface area contributed by atoms with Crippen molar-refractivity contribution >= 4 is 32.7 Å². The molecule has 7 heteroatoms. The topological polar surface area (TPSA) is 59.5 Å². The van der Waals surface area contributed by atoms with Gasteiger partial charge >= 0.3 is 0 Å². The zero-order chi connectivity index (χ0) is 19.2. The molecular formula is C21H23BrN4O2. The number of morpholine rings is 1. The van der Waals surface area contributed by atoms with Crippen LogP contribution in [0.4, 0.5) is 5.82 Å². The Morgan fingerprint density at radius 2 is 2.00 bits per heavy atom. The molecule has 146 valence electrons. The van der Waals surface area contributed by atoms with Gasteiger partial charge in [0.1, 0.15) is 24.5 Å². The van der Waals surface area contributed by atoms with Crippen molar-refractivity contribution < 1.29 is 9.47 Å². The molecule has 1 aliphatic rings. The Hall–Kier alpha value is -2.22. The van der Waals surface area contributed by atoms with Crippen LogP contribution < -0.4 is 10.1 Å². The fourth-order valence-electron chi connectivity index (χ4n) is 3.22. The summed E-state index contributed by atoms with van der Waals surface area (Å²) < 4.78 is 12.3. The van der Waals surface area contributed by atoms with Crippen LogP contribution >= 0.6 is 15.9 Å². The molecule has 1 aliphatic heterocycles. The molecule has 0 spiro atoms. The Morgan fingerprint density at radius 3 is 2.89 bits per heavy atom. The zero-order valence-corrected chi connectivity index (χ0v) is 17.2. The van der Waals surface area contributed by atoms with Crippen LogP contribution in [0.15, 0.2) is 53.3 Å². The molecule has 1 fully saturated rings. The Labute approximate surface area is 173 Å². The summed E-state index contributed by atoms with van der Waals surface area (Å²) in [7, 11) is 0. The molecule has 1 N–H and O–H groups in total. The molecule has 0 unspecified atom stereocenters. The van der Waals surface area contributed by atoms with Gasteiger partial charge in [-0.2, -0.15) is 0 Å². The second-order valence-corrected chi connectivity index (χ2v) is 7.60. The maximum atomic E-state index is 5.95. The number of benzene rings is 2. The van der Waals surface area contributed by atoms with Gasteiger partial charge in [0.25, 0.3) is 0 Å². The molecule has 0 aliphatic carbocycles. The number of aromatic nitrogens is 2. The molecule has 0 bridgehead atoms. The van der Waals surface area contributed by atoms with Crippen LogP contribution in [0.1, 0.15) is 5.56 Å². The maximum absolute atomic E-state index is 5.95. The van der Waals surface area contributed by atoms with Crippen LogP contribution in [0.2, 0.25) is 0 Å². The highest BCUT2D eigenvalue weighted by Gasteiger charge is 2.10. The largest absolute Gasteiger partial charge is 0.492 e. The predicted octanol–water partition coefficient (Wildman–Crippen LogP) is 3.72. The lowest BCUT2D eigenvalue weighted by Crippen LogP contribution is -2.38. The Morgan fingerprint density at radius 1 is 1.11 bits per heavy atom. The predicted molar refractivity (Wildman–Crippen MR) is 114 cm³/mol. The van der Waals surface area contributed by atoms with Gasteiger partial charge in [-0.3, -0.25) is 4.90 Å². The number of fused-ring (bicyclic) bond motifs is 1. The van der Waals surface area contributed by atoms with Gasteiger partial charge in [-0.25, -0.2) is 9.97 Å². The molecule has 28 heavy (non-hydrogen) atoms. The average Bonchev–Trinajstić information content (AvgIpc) is 2.73. The van der Waals surface area contributed by atoms with E-state index in [2.05, 4.69) is 48.2 Å².